The summed E-state index contributed by atoms with van der Waals surface area (Å²) in [5.74, 6) is 0.0104. The van der Waals surface area contributed by atoms with Crippen LogP contribution in [0.5, 0.6) is 0 Å². The lowest BCUT2D eigenvalue weighted by atomic mass is 10.0. The van der Waals surface area contributed by atoms with E-state index in [-0.39, 0.29) is 38.0 Å². The molecule has 0 heterocycles. The zero-order chi connectivity index (χ0) is 28.3. The van der Waals surface area contributed by atoms with Gasteiger partial charge in [-0.1, -0.05) is 104 Å². The molecule has 8 nitrogen and oxygen atoms in total. The summed E-state index contributed by atoms with van der Waals surface area (Å²) in [6.07, 6.45) is 20.6. The van der Waals surface area contributed by atoms with Crippen LogP contribution in [0.2, 0.25) is 0 Å². The fourth-order valence-electron chi connectivity index (χ4n) is 4.10. The maximum Gasteiger partial charge on any atom is 0.264 e. The zero-order valence-corrected chi connectivity index (χ0v) is 25.7. The van der Waals surface area contributed by atoms with Gasteiger partial charge in [0.15, 0.2) is 12.1 Å². The van der Waals surface area contributed by atoms with Crippen LogP contribution in [0, 0.1) is 0 Å². The van der Waals surface area contributed by atoms with Gasteiger partial charge in [-0.3, -0.25) is 8.98 Å². The van der Waals surface area contributed by atoms with E-state index in [1.54, 1.807) is 0 Å². The van der Waals surface area contributed by atoms with Gasteiger partial charge in [0.05, 0.1) is 45.4 Å². The second-order valence-corrected chi connectivity index (χ2v) is 11.8. The smallest absolute Gasteiger partial charge is 0.264 e. The predicted octanol–water partition coefficient (Wildman–Crippen LogP) is 6.59. The normalized spacial score (nSPS) is 13.6. The molecule has 0 aliphatic carbocycles. The molecule has 228 valence electrons. The molecule has 9 heteroatoms. The first-order valence-corrected chi connectivity index (χ1v) is 16.9. The van der Waals surface area contributed by atoms with E-state index < -0.39 is 10.1 Å². The van der Waals surface area contributed by atoms with Gasteiger partial charge in [0.1, 0.15) is 6.61 Å². The van der Waals surface area contributed by atoms with Crippen LogP contribution in [0.4, 0.5) is 0 Å². The first-order valence-electron chi connectivity index (χ1n) is 15.0. The van der Waals surface area contributed by atoms with Crippen LogP contribution in [-0.2, 0) is 38.0 Å². The van der Waals surface area contributed by atoms with E-state index in [1.165, 1.54) is 90.4 Å². The average Bonchev–Trinajstić information content (AvgIpc) is 2.87. The van der Waals surface area contributed by atoms with Crippen LogP contribution in [-0.4, -0.2) is 72.5 Å². The zero-order valence-electron chi connectivity index (χ0n) is 24.9. The molecule has 0 fully saturated rings. The number of ether oxygens (including phenoxy) is 4. The van der Waals surface area contributed by atoms with Crippen LogP contribution in [0.1, 0.15) is 124 Å². The van der Waals surface area contributed by atoms with Crippen molar-refractivity contribution in [2.45, 2.75) is 136 Å². The van der Waals surface area contributed by atoms with Crippen LogP contribution in [0.15, 0.2) is 0 Å². The Bertz CT molecular complexity index is 626. The molecular weight excluding hydrogens is 508 g/mol. The first kappa shape index (κ1) is 37.4. The molecule has 0 spiro atoms. The molecule has 0 aliphatic rings. The third-order valence-corrected chi connectivity index (χ3v) is 6.85. The molecule has 0 rings (SSSR count). The van der Waals surface area contributed by atoms with E-state index in [0.717, 1.165) is 19.1 Å². The average molecular weight is 567 g/mol. The van der Waals surface area contributed by atoms with E-state index in [1.807, 2.05) is 6.92 Å². The monoisotopic (exact) mass is 566 g/mol. The van der Waals surface area contributed by atoms with Crippen molar-refractivity contribution in [2.75, 3.05) is 45.9 Å². The Hall–Kier alpha value is -0.580. The van der Waals surface area contributed by atoms with Gasteiger partial charge < -0.3 is 18.9 Å². The Kier molecular flexibility index (Phi) is 26.2. The summed E-state index contributed by atoms with van der Waals surface area (Å²) in [7, 11) is -3.44. The number of Topliss-reactive ketones (excluding diaryl/α,β-unsaturated/α-hetero) is 1. The van der Waals surface area contributed by atoms with Gasteiger partial charge in [-0.15, -0.1) is 0 Å². The molecule has 2 atom stereocenters. The maximum atomic E-state index is 11.4. The molecule has 0 N–H and O–H groups in total. The van der Waals surface area contributed by atoms with E-state index in [2.05, 4.69) is 11.1 Å². The van der Waals surface area contributed by atoms with Gasteiger partial charge in [-0.2, -0.15) is 8.42 Å². The quantitative estimate of drug-likeness (QED) is 0.0545. The van der Waals surface area contributed by atoms with Crippen LogP contribution in [0.3, 0.4) is 0 Å². The van der Waals surface area contributed by atoms with Crippen molar-refractivity contribution in [3.8, 4) is 0 Å². The molecule has 0 radical (unpaired) electrons. The molecule has 0 amide bonds. The fourth-order valence-corrected chi connectivity index (χ4v) is 4.47. The van der Waals surface area contributed by atoms with Crippen molar-refractivity contribution < 1.29 is 36.3 Å². The number of ketones is 1. The van der Waals surface area contributed by atoms with Gasteiger partial charge in [0.2, 0.25) is 0 Å². The molecule has 0 aliphatic heterocycles. The van der Waals surface area contributed by atoms with Crippen LogP contribution in [0.25, 0.3) is 0 Å². The number of carbonyl (C=O) groups excluding carboxylic acids is 1. The standard InChI is InChI=1S/C29H58O8S/c1-5-7-8-9-10-11-12-13-14-15-16-17-18-19-20-28(35-25-27(3)30)26-36-29(6-2)34-23-21-33-22-24-37-38(4,31)32/h28-29H,5-26H2,1-4H3. The molecular formula is C29H58O8S. The number of unbranched alkanes of at least 4 members (excludes halogenated alkanes) is 13. The van der Waals surface area contributed by atoms with E-state index >= 15 is 0 Å². The lowest BCUT2D eigenvalue weighted by Gasteiger charge is -2.22. The van der Waals surface area contributed by atoms with Gasteiger partial charge in [0, 0.05) is 0 Å². The van der Waals surface area contributed by atoms with Crippen molar-refractivity contribution >= 4 is 15.9 Å². The van der Waals surface area contributed by atoms with Crippen molar-refractivity contribution in [2.24, 2.45) is 0 Å². The van der Waals surface area contributed by atoms with Gasteiger partial charge in [-0.05, 0) is 19.8 Å². The highest BCUT2D eigenvalue weighted by molar-refractivity contribution is 7.85. The number of carbonyl (C=O) groups is 1. The van der Waals surface area contributed by atoms with E-state index in [9.17, 15) is 13.2 Å². The summed E-state index contributed by atoms with van der Waals surface area (Å²) in [5, 5.41) is 0. The van der Waals surface area contributed by atoms with E-state index in [0.29, 0.717) is 26.2 Å². The SMILES string of the molecule is CCCCCCCCCCCCCCCCC(COC(CC)OCCOCCOS(C)(=O)=O)OCC(C)=O. The van der Waals surface area contributed by atoms with Gasteiger partial charge in [0.25, 0.3) is 10.1 Å². The number of hydrogen-bond donors (Lipinski definition) is 0. The Morgan fingerprint density at radius 2 is 1.21 bits per heavy atom. The van der Waals surface area contributed by atoms with E-state index in [4.69, 9.17) is 18.9 Å². The Morgan fingerprint density at radius 1 is 0.684 bits per heavy atom. The highest BCUT2D eigenvalue weighted by Gasteiger charge is 2.15. The van der Waals surface area contributed by atoms with Crippen molar-refractivity contribution in [3.63, 3.8) is 0 Å². The lowest BCUT2D eigenvalue weighted by Crippen LogP contribution is -2.28. The topological polar surface area (TPSA) is 97.4 Å². The summed E-state index contributed by atoms with van der Waals surface area (Å²) < 4.78 is 49.2. The van der Waals surface area contributed by atoms with Crippen molar-refractivity contribution in [1.29, 1.82) is 0 Å². The molecule has 0 aromatic carbocycles. The largest absolute Gasteiger partial charge is 0.377 e. The lowest BCUT2D eigenvalue weighted by molar-refractivity contribution is -0.171. The molecule has 38 heavy (non-hydrogen) atoms. The fraction of sp³-hybridized carbons (Fsp3) is 0.966. The summed E-state index contributed by atoms with van der Waals surface area (Å²) in [6.45, 7) is 7.07. The molecule has 0 saturated heterocycles. The van der Waals surface area contributed by atoms with Crippen molar-refractivity contribution in [1.82, 2.24) is 0 Å². The highest BCUT2D eigenvalue weighted by Crippen LogP contribution is 2.15. The van der Waals surface area contributed by atoms with Crippen LogP contribution < -0.4 is 0 Å². The summed E-state index contributed by atoms with van der Waals surface area (Å²) >= 11 is 0. The minimum Gasteiger partial charge on any atom is -0.377 e. The summed E-state index contributed by atoms with van der Waals surface area (Å²) in [4.78, 5) is 11.4. The first-order chi connectivity index (χ1) is 18.3. The minimum absolute atomic E-state index is 0.0104. The Balaban J connectivity index is 3.92. The predicted molar refractivity (Wildman–Crippen MR) is 153 cm³/mol. The molecule has 0 bridgehead atoms. The minimum atomic E-state index is -3.44. The second kappa shape index (κ2) is 26.6. The molecule has 0 aromatic rings. The Labute approximate surface area is 234 Å². The maximum absolute atomic E-state index is 11.4. The molecule has 2 unspecified atom stereocenters. The number of hydrogen-bond acceptors (Lipinski definition) is 8. The summed E-state index contributed by atoms with van der Waals surface area (Å²) in [5.41, 5.74) is 0. The summed E-state index contributed by atoms with van der Waals surface area (Å²) in [6, 6.07) is 0. The van der Waals surface area contributed by atoms with Gasteiger partial charge in [-0.25, -0.2) is 0 Å². The van der Waals surface area contributed by atoms with Crippen LogP contribution >= 0.6 is 0 Å². The Morgan fingerprint density at radius 3 is 1.71 bits per heavy atom. The molecule has 0 saturated carbocycles. The highest BCUT2D eigenvalue weighted by atomic mass is 32.2. The number of rotatable bonds is 30. The molecule has 0 aromatic heterocycles. The third kappa shape index (κ3) is 28.4. The third-order valence-electron chi connectivity index (χ3n) is 6.26. The van der Waals surface area contributed by atoms with Crippen molar-refractivity contribution in [3.05, 3.63) is 0 Å². The van der Waals surface area contributed by atoms with Gasteiger partial charge >= 0.3 is 0 Å². The second-order valence-electron chi connectivity index (χ2n) is 10.2.